The van der Waals surface area contributed by atoms with Gasteiger partial charge in [0.1, 0.15) is 0 Å². The highest BCUT2D eigenvalue weighted by molar-refractivity contribution is 9.38. The van der Waals surface area contributed by atoms with E-state index in [0.717, 1.165) is 10.0 Å². The highest BCUT2D eigenvalue weighted by atomic mass is 80.0. The van der Waals surface area contributed by atoms with Crippen molar-refractivity contribution in [3.05, 3.63) is 34.3 Å². The molecule has 0 aliphatic heterocycles. The second-order valence-electron chi connectivity index (χ2n) is 2.00. The molecule has 0 spiro atoms. The van der Waals surface area contributed by atoms with Crippen molar-refractivity contribution < 1.29 is 0 Å². The SMILES string of the molecule is Brc1ccc(C(Br)(Br)Br)cc1. The fourth-order valence-corrected chi connectivity index (χ4v) is 1.70. The lowest BCUT2D eigenvalue weighted by molar-refractivity contribution is 1.36. The lowest BCUT2D eigenvalue weighted by atomic mass is 10.2. The molecule has 0 aliphatic carbocycles. The molecule has 0 unspecified atom stereocenters. The molecule has 0 bridgehead atoms. The van der Waals surface area contributed by atoms with Crippen LogP contribution in [0, 0.1) is 0 Å². The molecule has 0 saturated carbocycles. The summed E-state index contributed by atoms with van der Waals surface area (Å²) in [6.07, 6.45) is 0. The third-order valence-electron chi connectivity index (χ3n) is 1.17. The van der Waals surface area contributed by atoms with Crippen molar-refractivity contribution in [2.75, 3.05) is 0 Å². The minimum absolute atomic E-state index is 0.298. The van der Waals surface area contributed by atoms with E-state index in [1.807, 2.05) is 24.3 Å². The van der Waals surface area contributed by atoms with Gasteiger partial charge in [0.15, 0.2) is 2.14 Å². The van der Waals surface area contributed by atoms with E-state index < -0.39 is 0 Å². The summed E-state index contributed by atoms with van der Waals surface area (Å²) in [4.78, 5) is 0. The summed E-state index contributed by atoms with van der Waals surface area (Å²) in [5, 5.41) is 0. The van der Waals surface area contributed by atoms with Gasteiger partial charge in [-0.1, -0.05) is 75.9 Å². The average Bonchev–Trinajstić information content (AvgIpc) is 1.86. The molecule has 0 radical (unpaired) electrons. The van der Waals surface area contributed by atoms with E-state index in [0.29, 0.717) is 0 Å². The predicted octanol–water partition coefficient (Wildman–Crippen LogP) is 4.74. The van der Waals surface area contributed by atoms with Crippen molar-refractivity contribution in [2.45, 2.75) is 2.14 Å². The molecule has 0 saturated heterocycles. The van der Waals surface area contributed by atoms with Gasteiger partial charge < -0.3 is 0 Å². The van der Waals surface area contributed by atoms with Crippen LogP contribution in [0.1, 0.15) is 5.56 Å². The summed E-state index contributed by atoms with van der Waals surface area (Å²) in [7, 11) is 0. The van der Waals surface area contributed by atoms with Crippen LogP contribution in [-0.4, -0.2) is 0 Å². The first-order valence-corrected chi connectivity index (χ1v) is 6.00. The molecule has 11 heavy (non-hydrogen) atoms. The highest BCUT2D eigenvalue weighted by Crippen LogP contribution is 2.44. The smallest absolute Gasteiger partial charge is 0.0548 e. The van der Waals surface area contributed by atoms with Crippen LogP contribution in [0.4, 0.5) is 0 Å². The Bertz CT molecular complexity index is 234. The first-order chi connectivity index (χ1) is 5.00. The van der Waals surface area contributed by atoms with Gasteiger partial charge in [0.05, 0.1) is 0 Å². The molecular weight excluding hydrogens is 404 g/mol. The molecule has 1 rings (SSSR count). The van der Waals surface area contributed by atoms with Gasteiger partial charge in [-0.2, -0.15) is 0 Å². The number of halogens is 4. The van der Waals surface area contributed by atoms with Crippen molar-refractivity contribution in [2.24, 2.45) is 0 Å². The molecule has 1 aromatic rings. The number of benzene rings is 1. The van der Waals surface area contributed by atoms with Crippen LogP contribution in [-0.2, 0) is 2.14 Å². The Labute approximate surface area is 99.3 Å². The van der Waals surface area contributed by atoms with Gasteiger partial charge in [-0.25, -0.2) is 0 Å². The first kappa shape index (κ1) is 10.2. The molecule has 4 heteroatoms. The van der Waals surface area contributed by atoms with Crippen LogP contribution < -0.4 is 0 Å². The highest BCUT2D eigenvalue weighted by Gasteiger charge is 2.19. The minimum Gasteiger partial charge on any atom is -0.0548 e. The summed E-state index contributed by atoms with van der Waals surface area (Å²) >= 11 is 13.7. The Morgan fingerprint density at radius 3 is 1.73 bits per heavy atom. The van der Waals surface area contributed by atoms with Crippen molar-refractivity contribution in [1.29, 1.82) is 0 Å². The van der Waals surface area contributed by atoms with Crippen molar-refractivity contribution >= 4 is 63.7 Å². The average molecular weight is 408 g/mol. The lowest BCUT2D eigenvalue weighted by Crippen LogP contribution is -1.95. The summed E-state index contributed by atoms with van der Waals surface area (Å²) in [6.45, 7) is 0. The number of rotatable bonds is 0. The first-order valence-electron chi connectivity index (χ1n) is 2.83. The maximum Gasteiger partial charge on any atom is 0.159 e. The molecule has 0 aromatic heterocycles. The van der Waals surface area contributed by atoms with Gasteiger partial charge in [0.25, 0.3) is 0 Å². The molecule has 0 amide bonds. The van der Waals surface area contributed by atoms with Crippen LogP contribution in [0.2, 0.25) is 0 Å². The number of hydrogen-bond donors (Lipinski definition) is 0. The van der Waals surface area contributed by atoms with Crippen LogP contribution in [0.3, 0.4) is 0 Å². The van der Waals surface area contributed by atoms with Gasteiger partial charge >= 0.3 is 0 Å². The standard InChI is InChI=1S/C7H4Br4/c8-6-3-1-5(2-4-6)7(9,10)11/h1-4H. The fraction of sp³-hybridized carbons (Fsp3) is 0.143. The minimum atomic E-state index is -0.298. The largest absolute Gasteiger partial charge is 0.159 e. The number of hydrogen-bond acceptors (Lipinski definition) is 0. The zero-order chi connectivity index (χ0) is 8.48. The summed E-state index contributed by atoms with van der Waals surface area (Å²) in [5.41, 5.74) is 1.13. The van der Waals surface area contributed by atoms with Gasteiger partial charge in [-0.05, 0) is 17.7 Å². The van der Waals surface area contributed by atoms with E-state index in [4.69, 9.17) is 0 Å². The van der Waals surface area contributed by atoms with E-state index >= 15 is 0 Å². The number of alkyl halides is 3. The Morgan fingerprint density at radius 1 is 0.909 bits per heavy atom. The monoisotopic (exact) mass is 404 g/mol. The van der Waals surface area contributed by atoms with E-state index in [9.17, 15) is 0 Å². The summed E-state index contributed by atoms with van der Waals surface area (Å²) < 4.78 is 0.784. The van der Waals surface area contributed by atoms with Crippen molar-refractivity contribution in [1.82, 2.24) is 0 Å². The zero-order valence-electron chi connectivity index (χ0n) is 5.32. The van der Waals surface area contributed by atoms with Gasteiger partial charge in [-0.15, -0.1) is 0 Å². The van der Waals surface area contributed by atoms with E-state index in [1.54, 1.807) is 0 Å². The second-order valence-corrected chi connectivity index (χ2v) is 9.68. The van der Waals surface area contributed by atoms with Crippen LogP contribution >= 0.6 is 63.7 Å². The second kappa shape index (κ2) is 3.90. The van der Waals surface area contributed by atoms with Crippen LogP contribution in [0.5, 0.6) is 0 Å². The molecule has 1 aromatic carbocycles. The maximum atomic E-state index is 3.43. The van der Waals surface area contributed by atoms with E-state index in [-0.39, 0.29) is 2.14 Å². The molecule has 0 atom stereocenters. The molecule has 0 fully saturated rings. The molecule has 60 valence electrons. The molecule has 0 heterocycles. The Kier molecular flexibility index (Phi) is 3.62. The van der Waals surface area contributed by atoms with Gasteiger partial charge in [0, 0.05) is 4.47 Å². The van der Waals surface area contributed by atoms with Gasteiger partial charge in [0.2, 0.25) is 0 Å². The predicted molar refractivity (Wildman–Crippen MR) is 62.6 cm³/mol. The third kappa shape index (κ3) is 3.17. The van der Waals surface area contributed by atoms with Crippen molar-refractivity contribution in [3.8, 4) is 0 Å². The third-order valence-corrected chi connectivity index (χ3v) is 3.07. The van der Waals surface area contributed by atoms with Gasteiger partial charge in [-0.3, -0.25) is 0 Å². The molecule has 0 N–H and O–H groups in total. The lowest BCUT2D eigenvalue weighted by Gasteiger charge is -2.11. The van der Waals surface area contributed by atoms with Crippen LogP contribution in [0.25, 0.3) is 0 Å². The normalized spacial score (nSPS) is 11.6. The quantitative estimate of drug-likeness (QED) is 0.545. The topological polar surface area (TPSA) is 0 Å². The van der Waals surface area contributed by atoms with Crippen LogP contribution in [0.15, 0.2) is 28.7 Å². The summed E-state index contributed by atoms with van der Waals surface area (Å²) in [5.74, 6) is 0. The Balaban J connectivity index is 2.99. The molecule has 0 aliphatic rings. The molecule has 0 nitrogen and oxygen atoms in total. The molecular formula is C7H4Br4. The Hall–Kier alpha value is 1.14. The van der Waals surface area contributed by atoms with E-state index in [1.165, 1.54) is 0 Å². The van der Waals surface area contributed by atoms with Crippen molar-refractivity contribution in [3.63, 3.8) is 0 Å². The van der Waals surface area contributed by atoms with E-state index in [2.05, 4.69) is 63.7 Å². The Morgan fingerprint density at radius 2 is 1.36 bits per heavy atom. The summed E-state index contributed by atoms with van der Waals surface area (Å²) in [6, 6.07) is 8.02. The maximum absolute atomic E-state index is 3.43. The fourth-order valence-electron chi connectivity index (χ4n) is 0.639. The zero-order valence-corrected chi connectivity index (χ0v) is 11.7.